The second-order valence-electron chi connectivity index (χ2n) is 8.71. The summed E-state index contributed by atoms with van der Waals surface area (Å²) in [5.74, 6) is 0.748. The summed E-state index contributed by atoms with van der Waals surface area (Å²) < 4.78 is 30.8. The fraction of sp³-hybridized carbons (Fsp3) is 0.346. The van der Waals surface area contributed by atoms with Gasteiger partial charge in [-0.15, -0.1) is 0 Å². The number of nitrogens with zero attached hydrogens (tertiary/aromatic N) is 4. The van der Waals surface area contributed by atoms with Gasteiger partial charge in [-0.25, -0.2) is 28.7 Å². The molecule has 1 aromatic carbocycles. The van der Waals surface area contributed by atoms with Crippen LogP contribution in [0.1, 0.15) is 49.2 Å². The number of aromatic nitrogens is 4. The highest BCUT2D eigenvalue weighted by Gasteiger charge is 2.29. The summed E-state index contributed by atoms with van der Waals surface area (Å²) >= 11 is 0. The number of nitrogens with one attached hydrogen (secondary N) is 1. The Balaban J connectivity index is 1.46. The van der Waals surface area contributed by atoms with Crippen molar-refractivity contribution >= 4 is 23.2 Å². The van der Waals surface area contributed by atoms with E-state index in [0.717, 1.165) is 47.9 Å². The summed E-state index contributed by atoms with van der Waals surface area (Å²) in [5.41, 5.74) is 3.85. The highest BCUT2D eigenvalue weighted by molar-refractivity contribution is 5.73. The van der Waals surface area contributed by atoms with Gasteiger partial charge in [-0.2, -0.15) is 0 Å². The summed E-state index contributed by atoms with van der Waals surface area (Å²) in [5, 5.41) is 3.00. The highest BCUT2D eigenvalue weighted by atomic mass is 19.3. The molecule has 1 saturated carbocycles. The number of alkyl halides is 2. The number of methoxy groups -OCH3 is 1. The number of anilines is 2. The average molecular weight is 480 g/mol. The monoisotopic (exact) mass is 479 g/mol. The van der Waals surface area contributed by atoms with E-state index in [0.29, 0.717) is 11.5 Å². The molecule has 1 fully saturated rings. The lowest BCUT2D eigenvalue weighted by Gasteiger charge is -2.27. The number of benzene rings is 1. The molecule has 2 aromatic heterocycles. The molecule has 7 nitrogen and oxygen atoms in total. The smallest absolute Gasteiger partial charge is 0.308 e. The molecule has 0 spiro atoms. The first kappa shape index (κ1) is 24.4. The van der Waals surface area contributed by atoms with E-state index in [9.17, 15) is 13.6 Å². The Bertz CT molecular complexity index is 1210. The molecule has 182 valence electrons. The molecule has 0 amide bonds. The number of carbonyl (C=O) groups excluding carboxylic acids is 1. The van der Waals surface area contributed by atoms with Crippen molar-refractivity contribution in [2.75, 3.05) is 12.4 Å². The SMILES string of the molecule is C=C(c1ncc(-c2cc(C)cc(Nc3nccc(C(F)F)n3)c2)cn1)C1CCC(C(=O)OC)CC1. The third kappa shape index (κ3) is 5.85. The van der Waals surface area contributed by atoms with Gasteiger partial charge in [0.05, 0.1) is 13.0 Å². The molecule has 1 aliphatic rings. The topological polar surface area (TPSA) is 89.9 Å². The van der Waals surface area contributed by atoms with Gasteiger partial charge in [0.25, 0.3) is 6.43 Å². The zero-order valence-corrected chi connectivity index (χ0v) is 19.7. The third-order valence-electron chi connectivity index (χ3n) is 6.26. The summed E-state index contributed by atoms with van der Waals surface area (Å²) in [4.78, 5) is 28.7. The van der Waals surface area contributed by atoms with E-state index < -0.39 is 6.43 Å². The lowest BCUT2D eigenvalue weighted by atomic mass is 9.78. The van der Waals surface area contributed by atoms with Crippen LogP contribution in [0.4, 0.5) is 20.4 Å². The molecule has 1 aliphatic carbocycles. The van der Waals surface area contributed by atoms with Crippen LogP contribution in [0, 0.1) is 18.8 Å². The lowest BCUT2D eigenvalue weighted by Crippen LogP contribution is -2.23. The average Bonchev–Trinajstić information content (AvgIpc) is 2.88. The van der Waals surface area contributed by atoms with Crippen molar-refractivity contribution in [3.8, 4) is 11.1 Å². The molecule has 0 unspecified atom stereocenters. The number of aryl methyl sites for hydroxylation is 1. The van der Waals surface area contributed by atoms with Crippen LogP contribution < -0.4 is 5.32 Å². The predicted octanol–water partition coefficient (Wildman–Crippen LogP) is 5.92. The Morgan fingerprint density at radius 2 is 1.74 bits per heavy atom. The minimum absolute atomic E-state index is 0.0419. The number of esters is 1. The van der Waals surface area contributed by atoms with Crippen molar-refractivity contribution in [1.29, 1.82) is 0 Å². The van der Waals surface area contributed by atoms with Crippen LogP contribution >= 0.6 is 0 Å². The first-order valence-electron chi connectivity index (χ1n) is 11.4. The summed E-state index contributed by atoms with van der Waals surface area (Å²) in [6.45, 7) is 6.15. The van der Waals surface area contributed by atoms with Gasteiger partial charge in [-0.05, 0) is 73.4 Å². The third-order valence-corrected chi connectivity index (χ3v) is 6.26. The molecular weight excluding hydrogens is 452 g/mol. The summed E-state index contributed by atoms with van der Waals surface area (Å²) in [6.07, 6.45) is 5.39. The van der Waals surface area contributed by atoms with Gasteiger partial charge in [-0.3, -0.25) is 4.79 Å². The molecule has 0 bridgehead atoms. The van der Waals surface area contributed by atoms with E-state index in [4.69, 9.17) is 4.74 Å². The van der Waals surface area contributed by atoms with E-state index in [2.05, 4.69) is 31.8 Å². The van der Waals surface area contributed by atoms with E-state index in [1.807, 2.05) is 25.1 Å². The Hall–Kier alpha value is -3.75. The predicted molar refractivity (Wildman–Crippen MR) is 129 cm³/mol. The molecule has 0 saturated heterocycles. The van der Waals surface area contributed by atoms with Crippen LogP contribution in [0.25, 0.3) is 16.7 Å². The number of hydrogen-bond acceptors (Lipinski definition) is 7. The molecule has 35 heavy (non-hydrogen) atoms. The maximum absolute atomic E-state index is 13.0. The van der Waals surface area contributed by atoms with E-state index in [1.54, 1.807) is 12.4 Å². The van der Waals surface area contributed by atoms with Crippen LogP contribution in [0.15, 0.2) is 49.4 Å². The molecule has 0 atom stereocenters. The van der Waals surface area contributed by atoms with Crippen LogP contribution in [-0.4, -0.2) is 33.0 Å². The number of carbonyl (C=O) groups is 1. The molecule has 4 rings (SSSR count). The van der Waals surface area contributed by atoms with Crippen molar-refractivity contribution in [3.63, 3.8) is 0 Å². The highest BCUT2D eigenvalue weighted by Crippen LogP contribution is 2.36. The van der Waals surface area contributed by atoms with Crippen LogP contribution in [0.2, 0.25) is 0 Å². The maximum Gasteiger partial charge on any atom is 0.308 e. The summed E-state index contributed by atoms with van der Waals surface area (Å²) in [7, 11) is 1.43. The Labute approximate surface area is 202 Å². The Morgan fingerprint density at radius 3 is 2.40 bits per heavy atom. The van der Waals surface area contributed by atoms with Gasteiger partial charge in [0.15, 0.2) is 5.82 Å². The standard InChI is InChI=1S/C26H27F2N5O2/c1-15-10-19(12-21(11-15)32-26-29-9-8-22(33-26)23(27)28)20-13-30-24(31-14-20)16(2)17-4-6-18(7-5-17)25(34)35-3/h8-14,17-18,23H,2,4-7H2,1,3H3,(H,29,32,33). The fourth-order valence-electron chi connectivity index (χ4n) is 4.38. The Morgan fingerprint density at radius 1 is 1.06 bits per heavy atom. The van der Waals surface area contributed by atoms with Gasteiger partial charge in [0.2, 0.25) is 5.95 Å². The minimum Gasteiger partial charge on any atom is -0.469 e. The number of hydrogen-bond donors (Lipinski definition) is 1. The number of rotatable bonds is 7. The fourth-order valence-corrected chi connectivity index (χ4v) is 4.38. The van der Waals surface area contributed by atoms with Crippen molar-refractivity contribution in [3.05, 3.63) is 66.5 Å². The van der Waals surface area contributed by atoms with Crippen molar-refractivity contribution < 1.29 is 18.3 Å². The van der Waals surface area contributed by atoms with Gasteiger partial charge < -0.3 is 10.1 Å². The van der Waals surface area contributed by atoms with Gasteiger partial charge in [0.1, 0.15) is 5.69 Å². The van der Waals surface area contributed by atoms with E-state index in [1.165, 1.54) is 19.4 Å². The van der Waals surface area contributed by atoms with Crippen molar-refractivity contribution in [2.24, 2.45) is 11.8 Å². The first-order chi connectivity index (χ1) is 16.8. The van der Waals surface area contributed by atoms with Crippen molar-refractivity contribution in [1.82, 2.24) is 19.9 Å². The second-order valence-corrected chi connectivity index (χ2v) is 8.71. The van der Waals surface area contributed by atoms with E-state index in [-0.39, 0.29) is 29.4 Å². The van der Waals surface area contributed by atoms with Crippen LogP contribution in [0.5, 0.6) is 0 Å². The summed E-state index contributed by atoms with van der Waals surface area (Å²) in [6, 6.07) is 6.92. The zero-order valence-electron chi connectivity index (χ0n) is 19.7. The molecular formula is C26H27F2N5O2. The van der Waals surface area contributed by atoms with E-state index >= 15 is 0 Å². The lowest BCUT2D eigenvalue weighted by molar-refractivity contribution is -0.146. The molecule has 9 heteroatoms. The number of ether oxygens (including phenoxy) is 1. The molecule has 0 aliphatic heterocycles. The maximum atomic E-state index is 13.0. The molecule has 2 heterocycles. The second kappa shape index (κ2) is 10.7. The van der Waals surface area contributed by atoms with Gasteiger partial charge >= 0.3 is 5.97 Å². The largest absolute Gasteiger partial charge is 0.469 e. The Kier molecular flexibility index (Phi) is 7.43. The molecule has 1 N–H and O–H groups in total. The normalized spacial score (nSPS) is 17.7. The zero-order chi connectivity index (χ0) is 24.9. The number of halogens is 2. The molecule has 0 radical (unpaired) electrons. The van der Waals surface area contributed by atoms with Gasteiger partial charge in [0, 0.05) is 29.8 Å². The number of allylic oxidation sites excluding steroid dienone is 1. The van der Waals surface area contributed by atoms with Crippen molar-refractivity contribution in [2.45, 2.75) is 39.0 Å². The van der Waals surface area contributed by atoms with Crippen LogP contribution in [0.3, 0.4) is 0 Å². The minimum atomic E-state index is -2.67. The van der Waals surface area contributed by atoms with Gasteiger partial charge in [-0.1, -0.05) is 12.6 Å². The van der Waals surface area contributed by atoms with Crippen LogP contribution in [-0.2, 0) is 9.53 Å². The molecule has 3 aromatic rings. The quantitative estimate of drug-likeness (QED) is 0.421. The first-order valence-corrected chi connectivity index (χ1v) is 11.4.